The molecule has 10 heavy (non-hydrogen) atoms. The van der Waals surface area contributed by atoms with Crippen LogP contribution in [0.5, 0.6) is 0 Å². The van der Waals surface area contributed by atoms with Gasteiger partial charge in [-0.05, 0) is 46.4 Å². The smallest absolute Gasteiger partial charge is 0.00767 e. The quantitative estimate of drug-likeness (QED) is 0.579. The molecule has 1 aliphatic heterocycles. The SMILES string of the molecule is CN[C@H]1CCCN(C)CC1. The molecule has 0 aromatic carbocycles. The molecule has 0 bridgehead atoms. The minimum Gasteiger partial charge on any atom is -0.317 e. The fourth-order valence-corrected chi connectivity index (χ4v) is 1.53. The van der Waals surface area contributed by atoms with Crippen molar-refractivity contribution in [2.45, 2.75) is 25.3 Å². The van der Waals surface area contributed by atoms with Crippen LogP contribution in [0, 0.1) is 0 Å². The molecule has 2 heteroatoms. The fourth-order valence-electron chi connectivity index (χ4n) is 1.53. The first-order valence-corrected chi connectivity index (χ1v) is 4.18. The van der Waals surface area contributed by atoms with Crippen LogP contribution in [-0.4, -0.2) is 38.1 Å². The first-order valence-electron chi connectivity index (χ1n) is 4.18. The first kappa shape index (κ1) is 8.02. The van der Waals surface area contributed by atoms with Crippen LogP contribution < -0.4 is 5.32 Å². The Morgan fingerprint density at radius 2 is 2.10 bits per heavy atom. The number of hydrogen-bond acceptors (Lipinski definition) is 2. The maximum atomic E-state index is 3.34. The Labute approximate surface area is 63.6 Å². The van der Waals surface area contributed by atoms with Crippen molar-refractivity contribution >= 4 is 0 Å². The van der Waals surface area contributed by atoms with Crippen molar-refractivity contribution in [1.29, 1.82) is 0 Å². The van der Waals surface area contributed by atoms with Crippen LogP contribution in [0.2, 0.25) is 0 Å². The van der Waals surface area contributed by atoms with Gasteiger partial charge >= 0.3 is 0 Å². The molecule has 0 aliphatic carbocycles. The van der Waals surface area contributed by atoms with E-state index < -0.39 is 0 Å². The van der Waals surface area contributed by atoms with Gasteiger partial charge in [0, 0.05) is 6.04 Å². The third kappa shape index (κ3) is 2.27. The maximum Gasteiger partial charge on any atom is 0.00767 e. The Balaban J connectivity index is 2.26. The number of rotatable bonds is 1. The van der Waals surface area contributed by atoms with E-state index in [2.05, 4.69) is 24.3 Å². The zero-order chi connectivity index (χ0) is 7.40. The zero-order valence-electron chi connectivity index (χ0n) is 7.06. The van der Waals surface area contributed by atoms with E-state index in [4.69, 9.17) is 0 Å². The van der Waals surface area contributed by atoms with Gasteiger partial charge in [-0.2, -0.15) is 0 Å². The van der Waals surface area contributed by atoms with Gasteiger partial charge in [0.1, 0.15) is 0 Å². The fraction of sp³-hybridized carbons (Fsp3) is 1.00. The summed E-state index contributed by atoms with van der Waals surface area (Å²) >= 11 is 0. The zero-order valence-corrected chi connectivity index (χ0v) is 7.06. The third-order valence-electron chi connectivity index (χ3n) is 2.36. The number of nitrogens with one attached hydrogen (secondary N) is 1. The molecule has 0 saturated carbocycles. The van der Waals surface area contributed by atoms with E-state index in [9.17, 15) is 0 Å². The largest absolute Gasteiger partial charge is 0.317 e. The van der Waals surface area contributed by atoms with Gasteiger partial charge < -0.3 is 10.2 Å². The molecule has 1 rings (SSSR count). The van der Waals surface area contributed by atoms with Gasteiger partial charge in [0.25, 0.3) is 0 Å². The summed E-state index contributed by atoms with van der Waals surface area (Å²) in [7, 11) is 4.27. The molecular weight excluding hydrogens is 124 g/mol. The van der Waals surface area contributed by atoms with E-state index in [-0.39, 0.29) is 0 Å². The van der Waals surface area contributed by atoms with E-state index in [1.807, 2.05) is 0 Å². The minimum atomic E-state index is 0.768. The molecule has 0 unspecified atom stereocenters. The second-order valence-corrected chi connectivity index (χ2v) is 3.22. The summed E-state index contributed by atoms with van der Waals surface area (Å²) in [5.74, 6) is 0. The Bertz CT molecular complexity index is 93.3. The highest BCUT2D eigenvalue weighted by Crippen LogP contribution is 2.08. The van der Waals surface area contributed by atoms with Gasteiger partial charge in [-0.1, -0.05) is 0 Å². The van der Waals surface area contributed by atoms with Gasteiger partial charge in [0.2, 0.25) is 0 Å². The molecule has 2 nitrogen and oxygen atoms in total. The standard InChI is InChI=1S/C8H18N2/c1-9-8-4-3-6-10(2)7-5-8/h8-9H,3-7H2,1-2H3/t8-/m0/s1. The molecule has 0 radical (unpaired) electrons. The molecule has 1 heterocycles. The molecule has 0 amide bonds. The van der Waals surface area contributed by atoms with Crippen molar-refractivity contribution in [3.05, 3.63) is 0 Å². The Kier molecular flexibility index (Phi) is 3.16. The lowest BCUT2D eigenvalue weighted by molar-refractivity contribution is 0.345. The molecular formula is C8H18N2. The van der Waals surface area contributed by atoms with Crippen molar-refractivity contribution in [2.75, 3.05) is 27.2 Å². The molecule has 1 N–H and O–H groups in total. The highest BCUT2D eigenvalue weighted by atomic mass is 15.1. The van der Waals surface area contributed by atoms with Gasteiger partial charge in [0.15, 0.2) is 0 Å². The van der Waals surface area contributed by atoms with Gasteiger partial charge in [-0.15, -0.1) is 0 Å². The van der Waals surface area contributed by atoms with E-state index in [1.165, 1.54) is 32.4 Å². The lowest BCUT2D eigenvalue weighted by atomic mass is 10.1. The molecule has 0 spiro atoms. The molecule has 0 aromatic heterocycles. The highest BCUT2D eigenvalue weighted by molar-refractivity contribution is 4.71. The summed E-state index contributed by atoms with van der Waals surface area (Å²) in [6.45, 7) is 2.53. The lowest BCUT2D eigenvalue weighted by Gasteiger charge is -2.13. The van der Waals surface area contributed by atoms with Gasteiger partial charge in [0.05, 0.1) is 0 Å². The maximum absolute atomic E-state index is 3.34. The molecule has 1 atom stereocenters. The van der Waals surface area contributed by atoms with Crippen molar-refractivity contribution < 1.29 is 0 Å². The normalized spacial score (nSPS) is 30.0. The van der Waals surface area contributed by atoms with E-state index in [0.29, 0.717) is 0 Å². The average molecular weight is 142 g/mol. The number of hydrogen-bond donors (Lipinski definition) is 1. The van der Waals surface area contributed by atoms with E-state index in [0.717, 1.165) is 6.04 Å². The van der Waals surface area contributed by atoms with Crippen LogP contribution in [0.1, 0.15) is 19.3 Å². The van der Waals surface area contributed by atoms with Gasteiger partial charge in [-0.3, -0.25) is 0 Å². The summed E-state index contributed by atoms with van der Waals surface area (Å²) < 4.78 is 0. The van der Waals surface area contributed by atoms with Crippen molar-refractivity contribution in [3.63, 3.8) is 0 Å². The van der Waals surface area contributed by atoms with Crippen LogP contribution >= 0.6 is 0 Å². The summed E-state index contributed by atoms with van der Waals surface area (Å²) in [5.41, 5.74) is 0. The Morgan fingerprint density at radius 3 is 2.80 bits per heavy atom. The van der Waals surface area contributed by atoms with E-state index in [1.54, 1.807) is 0 Å². The second-order valence-electron chi connectivity index (χ2n) is 3.22. The Hall–Kier alpha value is -0.0800. The predicted molar refractivity (Wildman–Crippen MR) is 44.2 cm³/mol. The van der Waals surface area contributed by atoms with Crippen LogP contribution in [0.25, 0.3) is 0 Å². The monoisotopic (exact) mass is 142 g/mol. The minimum absolute atomic E-state index is 0.768. The van der Waals surface area contributed by atoms with Crippen LogP contribution in [0.15, 0.2) is 0 Å². The van der Waals surface area contributed by atoms with Crippen molar-refractivity contribution in [1.82, 2.24) is 10.2 Å². The molecule has 1 fully saturated rings. The first-order chi connectivity index (χ1) is 4.83. The number of likely N-dealkylation sites (tertiary alicyclic amines) is 1. The third-order valence-corrected chi connectivity index (χ3v) is 2.36. The van der Waals surface area contributed by atoms with Crippen LogP contribution in [-0.2, 0) is 0 Å². The molecule has 60 valence electrons. The summed E-state index contributed by atoms with van der Waals surface area (Å²) in [4.78, 5) is 2.41. The van der Waals surface area contributed by atoms with Crippen molar-refractivity contribution in [3.8, 4) is 0 Å². The average Bonchev–Trinajstić information content (AvgIpc) is 2.14. The topological polar surface area (TPSA) is 15.3 Å². The summed E-state index contributed by atoms with van der Waals surface area (Å²) in [6.07, 6.45) is 4.01. The molecule has 1 aliphatic rings. The molecule has 1 saturated heterocycles. The van der Waals surface area contributed by atoms with Crippen molar-refractivity contribution in [2.24, 2.45) is 0 Å². The van der Waals surface area contributed by atoms with Crippen LogP contribution in [0.4, 0.5) is 0 Å². The predicted octanol–water partition coefficient (Wildman–Crippen LogP) is 0.690. The van der Waals surface area contributed by atoms with E-state index >= 15 is 0 Å². The summed E-state index contributed by atoms with van der Waals surface area (Å²) in [6, 6.07) is 0.768. The summed E-state index contributed by atoms with van der Waals surface area (Å²) in [5, 5.41) is 3.34. The number of nitrogens with zero attached hydrogens (tertiary/aromatic N) is 1. The van der Waals surface area contributed by atoms with Crippen LogP contribution in [0.3, 0.4) is 0 Å². The Morgan fingerprint density at radius 1 is 1.30 bits per heavy atom. The highest BCUT2D eigenvalue weighted by Gasteiger charge is 2.11. The lowest BCUT2D eigenvalue weighted by Crippen LogP contribution is -2.26. The van der Waals surface area contributed by atoms with Gasteiger partial charge in [-0.25, -0.2) is 0 Å². The molecule has 0 aromatic rings. The second kappa shape index (κ2) is 3.94.